The Bertz CT molecular complexity index is 1070. The van der Waals surface area contributed by atoms with Crippen molar-refractivity contribution >= 4 is 32.6 Å². The fraction of sp³-hybridized carbons (Fsp3) is 0.625. The minimum Gasteiger partial charge on any atom is -0.434 e. The van der Waals surface area contributed by atoms with E-state index in [1.54, 1.807) is 24.3 Å². The van der Waals surface area contributed by atoms with E-state index in [1.165, 1.54) is 0 Å². The van der Waals surface area contributed by atoms with Crippen molar-refractivity contribution in [2.45, 2.75) is 63.6 Å². The third kappa shape index (κ3) is 6.64. The van der Waals surface area contributed by atoms with Crippen LogP contribution in [0.4, 0.5) is 0 Å². The second-order valence-electron chi connectivity index (χ2n) is 9.33. The lowest BCUT2D eigenvalue weighted by Gasteiger charge is -2.29. The minimum atomic E-state index is -3.42. The van der Waals surface area contributed by atoms with E-state index < -0.39 is 33.6 Å². The average Bonchev–Trinajstić information content (AvgIpc) is 3.51. The summed E-state index contributed by atoms with van der Waals surface area (Å²) in [7, 11) is -3.42. The molecule has 0 bridgehead atoms. The Morgan fingerprint density at radius 2 is 1.85 bits per heavy atom. The predicted octanol–water partition coefficient (Wildman–Crippen LogP) is 2.26. The molecule has 2 aliphatic rings. The lowest BCUT2D eigenvalue weighted by molar-refractivity contribution is -0.123. The summed E-state index contributed by atoms with van der Waals surface area (Å²) in [6.45, 7) is 3.04. The first kappa shape index (κ1) is 24.8. The van der Waals surface area contributed by atoms with Crippen LogP contribution in [0, 0.1) is 5.92 Å². The molecule has 1 aliphatic heterocycles. The van der Waals surface area contributed by atoms with Crippen LogP contribution in [0.5, 0.6) is 0 Å². The maximum absolute atomic E-state index is 13.3. The smallest absolute Gasteiger partial charge is 0.266 e. The van der Waals surface area contributed by atoms with E-state index in [1.807, 2.05) is 6.92 Å². The summed E-state index contributed by atoms with van der Waals surface area (Å²) < 4.78 is 36.5. The van der Waals surface area contributed by atoms with Gasteiger partial charge in [-0.2, -0.15) is 0 Å². The molecule has 2 N–H and O–H groups in total. The lowest BCUT2D eigenvalue weighted by Crippen LogP contribution is -2.56. The topological polar surface area (TPSA) is 128 Å². The summed E-state index contributed by atoms with van der Waals surface area (Å²) in [5, 5.41) is 6.03. The molecule has 2 aromatic rings. The lowest BCUT2D eigenvalue weighted by atomic mass is 10.1. The van der Waals surface area contributed by atoms with E-state index in [0.29, 0.717) is 50.0 Å². The van der Waals surface area contributed by atoms with Crippen LogP contribution in [0.3, 0.4) is 0 Å². The van der Waals surface area contributed by atoms with Crippen LogP contribution in [0.2, 0.25) is 0 Å². The van der Waals surface area contributed by atoms with Gasteiger partial charge in [-0.3, -0.25) is 9.59 Å². The molecule has 2 fully saturated rings. The first-order chi connectivity index (χ1) is 16.3. The minimum absolute atomic E-state index is 0.0157. The van der Waals surface area contributed by atoms with Gasteiger partial charge in [0.1, 0.15) is 11.6 Å². The summed E-state index contributed by atoms with van der Waals surface area (Å²) >= 11 is 0. The predicted molar refractivity (Wildman–Crippen MR) is 127 cm³/mol. The molecular weight excluding hydrogens is 458 g/mol. The maximum Gasteiger partial charge on any atom is 0.266 e. The summed E-state index contributed by atoms with van der Waals surface area (Å²) in [4.78, 5) is 30.7. The Morgan fingerprint density at radius 1 is 1.12 bits per heavy atom. The number of sulfone groups is 1. The Hall–Kier alpha value is -2.30. The van der Waals surface area contributed by atoms with Crippen LogP contribution in [0.1, 0.15) is 56.1 Å². The zero-order chi connectivity index (χ0) is 24.1. The number of nitrogens with one attached hydrogen (secondary N) is 2. The molecule has 34 heavy (non-hydrogen) atoms. The van der Waals surface area contributed by atoms with Crippen molar-refractivity contribution in [3.8, 4) is 0 Å². The Labute approximate surface area is 199 Å². The van der Waals surface area contributed by atoms with Crippen molar-refractivity contribution in [2.24, 2.45) is 5.92 Å². The number of rotatable bonds is 12. The molecule has 1 aromatic carbocycles. The van der Waals surface area contributed by atoms with Crippen LogP contribution in [0.25, 0.3) is 11.1 Å². The van der Waals surface area contributed by atoms with Crippen molar-refractivity contribution < 1.29 is 27.2 Å². The van der Waals surface area contributed by atoms with Gasteiger partial charge in [0.15, 0.2) is 15.4 Å². The molecule has 2 heterocycles. The van der Waals surface area contributed by atoms with Crippen molar-refractivity contribution in [1.82, 2.24) is 15.6 Å². The number of amides is 1. The SMILES string of the molecule is CCC[C@H](NC(=O)[C@H](CS(=O)(=O)CC1CC1)NC1CCOCC1)C(=O)c1nc2ccccc2o1. The van der Waals surface area contributed by atoms with E-state index in [0.717, 1.165) is 12.8 Å². The average molecular weight is 492 g/mol. The highest BCUT2D eigenvalue weighted by atomic mass is 32.2. The Balaban J connectivity index is 1.49. The standard InChI is InChI=1S/C24H33N3O6S/c1-2-5-19(22(28)24-27-18-6-3-4-7-21(18)33-24)26-23(29)20(25-17-10-12-32-13-11-17)15-34(30,31)14-16-8-9-16/h3-4,6-7,16-17,19-20,25H,2,5,8-15H2,1H3,(H,26,29)/t19-,20-/m0/s1. The zero-order valence-electron chi connectivity index (χ0n) is 19.5. The molecule has 1 saturated carbocycles. The highest BCUT2D eigenvalue weighted by molar-refractivity contribution is 7.91. The Kier molecular flexibility index (Phi) is 8.00. The molecule has 0 radical (unpaired) electrons. The largest absolute Gasteiger partial charge is 0.434 e. The number of carbonyl (C=O) groups excluding carboxylic acids is 2. The molecule has 4 rings (SSSR count). The summed E-state index contributed by atoms with van der Waals surface area (Å²) in [6, 6.07) is 5.27. The van der Waals surface area contributed by atoms with E-state index in [-0.39, 0.29) is 29.4 Å². The summed E-state index contributed by atoms with van der Waals surface area (Å²) in [5.74, 6) is -0.957. The Morgan fingerprint density at radius 3 is 2.53 bits per heavy atom. The van der Waals surface area contributed by atoms with Gasteiger partial charge >= 0.3 is 0 Å². The van der Waals surface area contributed by atoms with Gasteiger partial charge in [-0.05, 0) is 50.2 Å². The number of benzene rings is 1. The van der Waals surface area contributed by atoms with Gasteiger partial charge < -0.3 is 19.8 Å². The van der Waals surface area contributed by atoms with Gasteiger partial charge in [0.05, 0.1) is 17.5 Å². The number of hydrogen-bond acceptors (Lipinski definition) is 8. The second-order valence-corrected chi connectivity index (χ2v) is 11.5. The third-order valence-electron chi connectivity index (χ3n) is 6.30. The third-order valence-corrected chi connectivity index (χ3v) is 8.12. The van der Waals surface area contributed by atoms with Gasteiger partial charge in [-0.15, -0.1) is 0 Å². The van der Waals surface area contributed by atoms with E-state index >= 15 is 0 Å². The van der Waals surface area contributed by atoms with Crippen LogP contribution in [-0.2, 0) is 19.4 Å². The number of Topliss-reactive ketones (excluding diaryl/α,β-unsaturated/α-hetero) is 1. The van der Waals surface area contributed by atoms with Crippen molar-refractivity contribution in [1.29, 1.82) is 0 Å². The van der Waals surface area contributed by atoms with Gasteiger partial charge in [0.2, 0.25) is 11.7 Å². The number of fused-ring (bicyclic) bond motifs is 1. The molecule has 1 aliphatic carbocycles. The van der Waals surface area contributed by atoms with Crippen LogP contribution in [-0.4, -0.2) is 67.9 Å². The molecule has 10 heteroatoms. The molecule has 1 aromatic heterocycles. The number of aromatic nitrogens is 1. The number of para-hydroxylation sites is 2. The number of ether oxygens (including phenoxy) is 1. The van der Waals surface area contributed by atoms with Crippen LogP contribution >= 0.6 is 0 Å². The number of carbonyl (C=O) groups is 2. The zero-order valence-corrected chi connectivity index (χ0v) is 20.3. The van der Waals surface area contributed by atoms with Gasteiger partial charge in [-0.1, -0.05) is 25.5 Å². The monoisotopic (exact) mass is 491 g/mol. The molecule has 1 saturated heterocycles. The summed E-state index contributed by atoms with van der Waals surface area (Å²) in [5.41, 5.74) is 1.07. The number of oxazole rings is 1. The quantitative estimate of drug-likeness (QED) is 0.433. The van der Waals surface area contributed by atoms with Crippen molar-refractivity contribution in [3.63, 3.8) is 0 Å². The first-order valence-electron chi connectivity index (χ1n) is 12.1. The fourth-order valence-corrected chi connectivity index (χ4v) is 6.21. The molecule has 1 amide bonds. The van der Waals surface area contributed by atoms with Gasteiger partial charge in [0, 0.05) is 19.3 Å². The van der Waals surface area contributed by atoms with E-state index in [2.05, 4.69) is 15.6 Å². The van der Waals surface area contributed by atoms with Crippen LogP contribution in [0.15, 0.2) is 28.7 Å². The molecule has 2 atom stereocenters. The maximum atomic E-state index is 13.3. The van der Waals surface area contributed by atoms with E-state index in [9.17, 15) is 18.0 Å². The molecule has 0 unspecified atom stereocenters. The molecule has 0 spiro atoms. The second kappa shape index (κ2) is 11.0. The molecular formula is C24H33N3O6S. The van der Waals surface area contributed by atoms with Crippen molar-refractivity contribution in [3.05, 3.63) is 30.2 Å². The number of ketones is 1. The fourth-order valence-electron chi connectivity index (χ4n) is 4.27. The first-order valence-corrected chi connectivity index (χ1v) is 13.9. The normalized spacial score (nSPS) is 19.1. The number of nitrogens with zero attached hydrogens (tertiary/aromatic N) is 1. The molecule has 186 valence electrons. The van der Waals surface area contributed by atoms with E-state index in [4.69, 9.17) is 9.15 Å². The molecule has 9 nitrogen and oxygen atoms in total. The summed E-state index contributed by atoms with van der Waals surface area (Å²) in [6.07, 6.45) is 4.28. The highest BCUT2D eigenvalue weighted by Crippen LogP contribution is 2.30. The van der Waals surface area contributed by atoms with Crippen molar-refractivity contribution in [2.75, 3.05) is 24.7 Å². The van der Waals surface area contributed by atoms with Gasteiger partial charge in [0.25, 0.3) is 5.89 Å². The van der Waals surface area contributed by atoms with Gasteiger partial charge in [-0.25, -0.2) is 13.4 Å². The van der Waals surface area contributed by atoms with Crippen LogP contribution < -0.4 is 10.6 Å². The highest BCUT2D eigenvalue weighted by Gasteiger charge is 2.35. The number of hydrogen-bond donors (Lipinski definition) is 2.